The molecule has 2 N–H and O–H groups in total. The van der Waals surface area contributed by atoms with E-state index in [9.17, 15) is 0 Å². The second-order valence-corrected chi connectivity index (χ2v) is 8.93. The monoisotopic (exact) mass is 280 g/mol. The molecule has 1 heterocycles. The standard InChI is InChI=1S/C18H36N2/c1-6-17(5)7-9-20(10-8-17)18(14-19)12-15(2)11-16(3,4)13-18/h15H,6-14,19H2,1-5H3. The summed E-state index contributed by atoms with van der Waals surface area (Å²) in [5, 5.41) is 0. The Bertz CT molecular complexity index is 328. The quantitative estimate of drug-likeness (QED) is 0.845. The van der Waals surface area contributed by atoms with Crippen molar-refractivity contribution in [3.63, 3.8) is 0 Å². The molecule has 0 aromatic rings. The maximum absolute atomic E-state index is 6.31. The zero-order valence-corrected chi connectivity index (χ0v) is 14.5. The molecule has 118 valence electrons. The van der Waals surface area contributed by atoms with E-state index in [0.29, 0.717) is 10.8 Å². The van der Waals surface area contributed by atoms with Crippen molar-refractivity contribution in [2.75, 3.05) is 19.6 Å². The van der Waals surface area contributed by atoms with Crippen molar-refractivity contribution in [3.05, 3.63) is 0 Å². The Labute approximate surface area is 126 Å². The highest BCUT2D eigenvalue weighted by atomic mass is 15.2. The molecule has 1 aliphatic heterocycles. The van der Waals surface area contributed by atoms with Gasteiger partial charge in [-0.3, -0.25) is 4.90 Å². The molecule has 0 aromatic carbocycles. The number of nitrogens with two attached hydrogens (primary N) is 1. The number of piperidine rings is 1. The second kappa shape index (κ2) is 5.61. The first kappa shape index (κ1) is 16.3. The Kier molecular flexibility index (Phi) is 4.57. The zero-order valence-electron chi connectivity index (χ0n) is 14.5. The summed E-state index contributed by atoms with van der Waals surface area (Å²) in [7, 11) is 0. The van der Waals surface area contributed by atoms with Crippen LogP contribution in [0.25, 0.3) is 0 Å². The van der Waals surface area contributed by atoms with Gasteiger partial charge in [0.15, 0.2) is 0 Å². The van der Waals surface area contributed by atoms with Gasteiger partial charge in [-0.2, -0.15) is 0 Å². The summed E-state index contributed by atoms with van der Waals surface area (Å²) in [5.74, 6) is 0.807. The van der Waals surface area contributed by atoms with Crippen LogP contribution in [-0.4, -0.2) is 30.1 Å². The van der Waals surface area contributed by atoms with Crippen molar-refractivity contribution < 1.29 is 0 Å². The van der Waals surface area contributed by atoms with E-state index in [0.717, 1.165) is 12.5 Å². The van der Waals surface area contributed by atoms with Crippen molar-refractivity contribution in [2.24, 2.45) is 22.5 Å². The molecule has 2 fully saturated rings. The molecule has 2 heteroatoms. The van der Waals surface area contributed by atoms with E-state index in [4.69, 9.17) is 5.73 Å². The Morgan fingerprint density at radius 2 is 1.70 bits per heavy atom. The predicted octanol–water partition coefficient (Wildman–Crippen LogP) is 4.04. The predicted molar refractivity (Wildman–Crippen MR) is 87.8 cm³/mol. The van der Waals surface area contributed by atoms with Crippen molar-refractivity contribution in [1.29, 1.82) is 0 Å². The average Bonchev–Trinajstić information content (AvgIpc) is 2.37. The van der Waals surface area contributed by atoms with Gasteiger partial charge in [-0.1, -0.05) is 41.0 Å². The van der Waals surface area contributed by atoms with Crippen LogP contribution >= 0.6 is 0 Å². The smallest absolute Gasteiger partial charge is 0.0339 e. The molecule has 0 radical (unpaired) electrons. The Morgan fingerprint density at radius 3 is 2.15 bits per heavy atom. The lowest BCUT2D eigenvalue weighted by Gasteiger charge is -2.55. The normalized spacial score (nSPS) is 37.8. The Hall–Kier alpha value is -0.0800. The lowest BCUT2D eigenvalue weighted by molar-refractivity contribution is -0.0413. The molecule has 2 unspecified atom stereocenters. The van der Waals surface area contributed by atoms with Gasteiger partial charge in [0.05, 0.1) is 0 Å². The maximum Gasteiger partial charge on any atom is 0.0339 e. The summed E-state index contributed by atoms with van der Waals surface area (Å²) < 4.78 is 0. The number of likely N-dealkylation sites (tertiary alicyclic amines) is 1. The van der Waals surface area contributed by atoms with Gasteiger partial charge in [0, 0.05) is 12.1 Å². The fourth-order valence-electron chi connectivity index (χ4n) is 5.10. The molecule has 0 bridgehead atoms. The maximum atomic E-state index is 6.31. The topological polar surface area (TPSA) is 29.3 Å². The van der Waals surface area contributed by atoms with E-state index in [-0.39, 0.29) is 5.54 Å². The van der Waals surface area contributed by atoms with Crippen molar-refractivity contribution >= 4 is 0 Å². The number of hydrogen-bond donors (Lipinski definition) is 1. The van der Waals surface area contributed by atoms with E-state index in [1.54, 1.807) is 0 Å². The van der Waals surface area contributed by atoms with Gasteiger partial charge in [-0.05, 0) is 61.9 Å². The molecule has 20 heavy (non-hydrogen) atoms. The molecular weight excluding hydrogens is 244 g/mol. The van der Waals surface area contributed by atoms with E-state index in [1.165, 1.54) is 51.6 Å². The van der Waals surface area contributed by atoms with Crippen LogP contribution in [0.3, 0.4) is 0 Å². The fourth-order valence-corrected chi connectivity index (χ4v) is 5.10. The van der Waals surface area contributed by atoms with Gasteiger partial charge < -0.3 is 5.73 Å². The molecule has 1 aliphatic carbocycles. The van der Waals surface area contributed by atoms with E-state index >= 15 is 0 Å². The zero-order chi connectivity index (χ0) is 15.0. The average molecular weight is 280 g/mol. The van der Waals surface area contributed by atoms with Crippen LogP contribution in [-0.2, 0) is 0 Å². The number of rotatable bonds is 3. The molecule has 0 spiro atoms. The van der Waals surface area contributed by atoms with Gasteiger partial charge in [0.25, 0.3) is 0 Å². The molecule has 1 saturated carbocycles. The van der Waals surface area contributed by atoms with Gasteiger partial charge in [-0.25, -0.2) is 0 Å². The number of hydrogen-bond acceptors (Lipinski definition) is 2. The summed E-state index contributed by atoms with van der Waals surface area (Å²) in [6.07, 6.45) is 7.95. The molecule has 2 atom stereocenters. The summed E-state index contributed by atoms with van der Waals surface area (Å²) in [6, 6.07) is 0. The van der Waals surface area contributed by atoms with E-state index in [2.05, 4.69) is 39.5 Å². The molecule has 2 aliphatic rings. The fraction of sp³-hybridized carbons (Fsp3) is 1.00. The van der Waals surface area contributed by atoms with Gasteiger partial charge in [-0.15, -0.1) is 0 Å². The summed E-state index contributed by atoms with van der Waals surface area (Å²) in [4.78, 5) is 2.77. The van der Waals surface area contributed by atoms with Gasteiger partial charge in [0.1, 0.15) is 0 Å². The van der Waals surface area contributed by atoms with Crippen LogP contribution in [0.1, 0.15) is 73.1 Å². The molecule has 0 amide bonds. The summed E-state index contributed by atoms with van der Waals surface area (Å²) >= 11 is 0. The van der Waals surface area contributed by atoms with Crippen LogP contribution in [0.2, 0.25) is 0 Å². The van der Waals surface area contributed by atoms with Crippen LogP contribution in [0.5, 0.6) is 0 Å². The Balaban J connectivity index is 2.12. The van der Waals surface area contributed by atoms with Crippen molar-refractivity contribution in [2.45, 2.75) is 78.7 Å². The van der Waals surface area contributed by atoms with Crippen LogP contribution in [0.15, 0.2) is 0 Å². The molecular formula is C18H36N2. The highest BCUT2D eigenvalue weighted by Gasteiger charge is 2.47. The molecule has 2 rings (SSSR count). The van der Waals surface area contributed by atoms with E-state index < -0.39 is 0 Å². The molecule has 1 saturated heterocycles. The minimum Gasteiger partial charge on any atom is -0.329 e. The van der Waals surface area contributed by atoms with E-state index in [1.807, 2.05) is 0 Å². The lowest BCUT2D eigenvalue weighted by Crippen LogP contribution is -2.61. The highest BCUT2D eigenvalue weighted by Crippen LogP contribution is 2.48. The van der Waals surface area contributed by atoms with Crippen LogP contribution in [0.4, 0.5) is 0 Å². The van der Waals surface area contributed by atoms with Crippen LogP contribution in [0, 0.1) is 16.7 Å². The third kappa shape index (κ3) is 3.22. The number of nitrogens with zero attached hydrogens (tertiary/aromatic N) is 1. The van der Waals surface area contributed by atoms with Gasteiger partial charge in [0.2, 0.25) is 0 Å². The first-order valence-electron chi connectivity index (χ1n) is 8.69. The van der Waals surface area contributed by atoms with Crippen LogP contribution < -0.4 is 5.73 Å². The van der Waals surface area contributed by atoms with Gasteiger partial charge >= 0.3 is 0 Å². The molecule has 2 nitrogen and oxygen atoms in total. The minimum atomic E-state index is 0.274. The minimum absolute atomic E-state index is 0.274. The first-order chi connectivity index (χ1) is 9.24. The Morgan fingerprint density at radius 1 is 1.10 bits per heavy atom. The summed E-state index contributed by atoms with van der Waals surface area (Å²) in [5.41, 5.74) is 7.60. The highest BCUT2D eigenvalue weighted by molar-refractivity contribution is 5.02. The summed E-state index contributed by atoms with van der Waals surface area (Å²) in [6.45, 7) is 15.5. The molecule has 0 aromatic heterocycles. The lowest BCUT2D eigenvalue weighted by atomic mass is 9.63. The first-order valence-corrected chi connectivity index (χ1v) is 8.69. The third-order valence-electron chi connectivity index (χ3n) is 6.31. The van der Waals surface area contributed by atoms with Crippen molar-refractivity contribution in [3.8, 4) is 0 Å². The third-order valence-corrected chi connectivity index (χ3v) is 6.31. The largest absolute Gasteiger partial charge is 0.329 e. The SMILES string of the molecule is CCC1(C)CCN(C2(CN)CC(C)CC(C)(C)C2)CC1. The van der Waals surface area contributed by atoms with Crippen molar-refractivity contribution in [1.82, 2.24) is 4.90 Å². The second-order valence-electron chi connectivity index (χ2n) is 8.93.